The van der Waals surface area contributed by atoms with Crippen molar-refractivity contribution in [3.8, 4) is 28.4 Å². The van der Waals surface area contributed by atoms with Crippen LogP contribution in [0.1, 0.15) is 73.1 Å². The summed E-state index contributed by atoms with van der Waals surface area (Å²) < 4.78 is 22.2. The molecule has 2 aromatic carbocycles. The number of esters is 1. The van der Waals surface area contributed by atoms with E-state index < -0.39 is 24.0 Å². The predicted molar refractivity (Wildman–Crippen MR) is 181 cm³/mol. The van der Waals surface area contributed by atoms with E-state index in [9.17, 15) is 19.2 Å². The molecule has 2 amide bonds. The summed E-state index contributed by atoms with van der Waals surface area (Å²) in [6.45, 7) is 8.91. The molecular formula is C34H42N4O8S. The highest BCUT2D eigenvalue weighted by Crippen LogP contribution is 2.50. The summed E-state index contributed by atoms with van der Waals surface area (Å²) in [5, 5.41) is 9.25. The van der Waals surface area contributed by atoms with E-state index in [1.54, 1.807) is 33.1 Å². The molecule has 0 bridgehead atoms. The number of hydrogen-bond donors (Lipinski definition) is 3. The van der Waals surface area contributed by atoms with Crippen LogP contribution in [-0.2, 0) is 20.7 Å². The first-order valence-electron chi connectivity index (χ1n) is 15.5. The molecule has 1 aliphatic rings. The van der Waals surface area contributed by atoms with Crippen molar-refractivity contribution in [3.05, 3.63) is 56.2 Å². The summed E-state index contributed by atoms with van der Waals surface area (Å²) in [6, 6.07) is 5.55. The van der Waals surface area contributed by atoms with Crippen LogP contribution in [0.5, 0.6) is 17.2 Å². The van der Waals surface area contributed by atoms with E-state index in [4.69, 9.17) is 18.9 Å². The minimum absolute atomic E-state index is 0.187. The monoisotopic (exact) mass is 666 g/mol. The molecule has 3 N–H and O–H groups in total. The number of nitrogens with zero attached hydrogens (tertiary/aromatic N) is 1. The van der Waals surface area contributed by atoms with Gasteiger partial charge in [0.05, 0.1) is 45.4 Å². The summed E-state index contributed by atoms with van der Waals surface area (Å²) in [4.78, 5) is 56.8. The number of amides is 2. The van der Waals surface area contributed by atoms with Gasteiger partial charge in [0, 0.05) is 12.5 Å². The van der Waals surface area contributed by atoms with Crippen LogP contribution in [0.3, 0.4) is 0 Å². The maximum Gasteiger partial charge on any atom is 0.350 e. The molecule has 1 aliphatic carbocycles. The average molecular weight is 667 g/mol. The number of thiazole rings is 1. The van der Waals surface area contributed by atoms with Crippen molar-refractivity contribution in [1.82, 2.24) is 10.3 Å². The normalized spacial score (nSPS) is 14.8. The third-order valence-corrected chi connectivity index (χ3v) is 9.26. The number of fused-ring (bicyclic) bond motifs is 3. The second-order valence-electron chi connectivity index (χ2n) is 11.2. The predicted octanol–water partition coefficient (Wildman–Crippen LogP) is 5.27. The summed E-state index contributed by atoms with van der Waals surface area (Å²) >= 11 is 1.03. The Bertz CT molecular complexity index is 1720. The topological polar surface area (TPSA) is 154 Å². The lowest BCUT2D eigenvalue weighted by Crippen LogP contribution is -2.40. The number of carbonyl (C=O) groups excluding carboxylic acids is 3. The van der Waals surface area contributed by atoms with Crippen LogP contribution < -0.4 is 35.6 Å². The van der Waals surface area contributed by atoms with Crippen LogP contribution in [0.25, 0.3) is 11.1 Å². The van der Waals surface area contributed by atoms with Crippen molar-refractivity contribution >= 4 is 39.9 Å². The van der Waals surface area contributed by atoms with Crippen molar-refractivity contribution in [1.29, 1.82) is 0 Å². The first kappa shape index (κ1) is 35.2. The van der Waals surface area contributed by atoms with Crippen LogP contribution in [0.4, 0.5) is 10.8 Å². The SMILES string of the molecule is CCOC(=O)c1sc(NC(=O)C(Nc2ccc3c(cc2=O)C(NC(C)=O)CCc2cc(OC)c(OC)c(OC)c2-3)C(C)CC)nc1C. The van der Waals surface area contributed by atoms with E-state index in [1.807, 2.05) is 19.9 Å². The molecule has 0 saturated heterocycles. The Labute approximate surface area is 278 Å². The summed E-state index contributed by atoms with van der Waals surface area (Å²) in [5.74, 6) is 0.0211. The highest BCUT2D eigenvalue weighted by atomic mass is 32.1. The highest BCUT2D eigenvalue weighted by molar-refractivity contribution is 7.17. The first-order valence-corrected chi connectivity index (χ1v) is 16.3. The van der Waals surface area contributed by atoms with Crippen LogP contribution in [0, 0.1) is 12.8 Å². The van der Waals surface area contributed by atoms with Gasteiger partial charge in [-0.05, 0) is 67.5 Å². The fourth-order valence-electron chi connectivity index (χ4n) is 5.72. The summed E-state index contributed by atoms with van der Waals surface area (Å²) in [6.07, 6.45) is 1.72. The van der Waals surface area contributed by atoms with E-state index in [0.29, 0.717) is 58.2 Å². The maximum atomic E-state index is 13.9. The molecule has 13 heteroatoms. The molecule has 0 fully saturated rings. The number of anilines is 2. The first-order chi connectivity index (χ1) is 22.5. The van der Waals surface area contributed by atoms with Crippen molar-refractivity contribution in [3.63, 3.8) is 0 Å². The van der Waals surface area contributed by atoms with E-state index >= 15 is 0 Å². The van der Waals surface area contributed by atoms with Gasteiger partial charge in [0.15, 0.2) is 16.6 Å². The zero-order valence-corrected chi connectivity index (χ0v) is 28.8. The van der Waals surface area contributed by atoms with Crippen molar-refractivity contribution in [2.75, 3.05) is 38.6 Å². The number of ether oxygens (including phenoxy) is 4. The van der Waals surface area contributed by atoms with Gasteiger partial charge < -0.3 is 34.9 Å². The van der Waals surface area contributed by atoms with Crippen LogP contribution in [0.15, 0.2) is 29.1 Å². The second-order valence-corrected chi connectivity index (χ2v) is 12.2. The minimum atomic E-state index is -0.817. The number of methoxy groups -OCH3 is 3. The molecule has 3 unspecified atom stereocenters. The van der Waals surface area contributed by atoms with Crippen LogP contribution in [0.2, 0.25) is 0 Å². The number of rotatable bonds is 12. The largest absolute Gasteiger partial charge is 0.493 e. The lowest BCUT2D eigenvalue weighted by Gasteiger charge is -2.23. The van der Waals surface area contributed by atoms with Gasteiger partial charge in [-0.1, -0.05) is 37.7 Å². The molecule has 0 saturated carbocycles. The van der Waals surface area contributed by atoms with Gasteiger partial charge in [-0.3, -0.25) is 14.4 Å². The standard InChI is InChI=1S/C34H42N4O8S/c1-9-17(3)28(32(41)38-34-35-18(4)31(47-34)33(42)46-10-2)37-24-14-12-21-22(16-25(24)40)23(36-19(5)39)13-11-20-15-26(43-6)29(44-7)30(45-8)27(20)21/h12,14-17,23,28H,9-11,13H2,1-8H3,(H,36,39)(H,37,40)(H,35,38,41). The van der Waals surface area contributed by atoms with Crippen LogP contribution in [-0.4, -0.2) is 56.7 Å². The van der Waals surface area contributed by atoms with Crippen molar-refractivity contribution in [2.24, 2.45) is 5.92 Å². The van der Waals surface area contributed by atoms with Gasteiger partial charge in [0.25, 0.3) is 0 Å². The molecule has 12 nitrogen and oxygen atoms in total. The Morgan fingerprint density at radius 1 is 1.06 bits per heavy atom. The molecule has 0 radical (unpaired) electrons. The van der Waals surface area contributed by atoms with Crippen molar-refractivity contribution in [2.45, 2.75) is 66.0 Å². The number of aromatic nitrogens is 1. The molecule has 0 aliphatic heterocycles. The lowest BCUT2D eigenvalue weighted by atomic mass is 9.95. The molecule has 47 heavy (non-hydrogen) atoms. The third-order valence-electron chi connectivity index (χ3n) is 8.21. The number of benzene rings is 1. The fourth-order valence-corrected chi connectivity index (χ4v) is 6.58. The second kappa shape index (κ2) is 15.3. The molecule has 4 rings (SSSR count). The van der Waals surface area contributed by atoms with Gasteiger partial charge in [-0.2, -0.15) is 0 Å². The van der Waals surface area contributed by atoms with Gasteiger partial charge in [0.2, 0.25) is 23.0 Å². The quantitative estimate of drug-likeness (QED) is 0.218. The molecule has 1 heterocycles. The maximum absolute atomic E-state index is 13.9. The third kappa shape index (κ3) is 7.51. The Hall–Kier alpha value is -4.65. The smallest absolute Gasteiger partial charge is 0.350 e. The molecule has 252 valence electrons. The number of hydrogen-bond acceptors (Lipinski definition) is 11. The zero-order chi connectivity index (χ0) is 34.4. The van der Waals surface area contributed by atoms with Gasteiger partial charge in [-0.15, -0.1) is 0 Å². The summed E-state index contributed by atoms with van der Waals surface area (Å²) in [5.41, 5.74) is 3.20. The Balaban J connectivity index is 1.81. The fraction of sp³-hybridized carbons (Fsp3) is 0.441. The Morgan fingerprint density at radius 2 is 1.79 bits per heavy atom. The Morgan fingerprint density at radius 3 is 2.40 bits per heavy atom. The molecular weight excluding hydrogens is 624 g/mol. The van der Waals surface area contributed by atoms with E-state index in [-0.39, 0.29) is 34.7 Å². The molecule has 3 atom stereocenters. The van der Waals surface area contributed by atoms with Gasteiger partial charge in [0.1, 0.15) is 10.9 Å². The number of nitrogens with one attached hydrogen (secondary N) is 3. The zero-order valence-electron chi connectivity index (χ0n) is 28.0. The lowest BCUT2D eigenvalue weighted by molar-refractivity contribution is -0.120. The van der Waals surface area contributed by atoms with E-state index in [1.165, 1.54) is 27.2 Å². The Kier molecular flexibility index (Phi) is 11.5. The van der Waals surface area contributed by atoms with Gasteiger partial charge >= 0.3 is 5.97 Å². The number of aryl methyl sites for hydroxylation is 2. The molecule has 1 aromatic heterocycles. The number of carbonyl (C=O) groups is 3. The molecule has 0 spiro atoms. The minimum Gasteiger partial charge on any atom is -0.493 e. The van der Waals surface area contributed by atoms with Crippen LogP contribution >= 0.6 is 11.3 Å². The average Bonchev–Trinajstić information content (AvgIpc) is 3.25. The van der Waals surface area contributed by atoms with Crippen molar-refractivity contribution < 1.29 is 33.3 Å². The van der Waals surface area contributed by atoms with E-state index in [0.717, 1.165) is 22.5 Å². The van der Waals surface area contributed by atoms with E-state index in [2.05, 4.69) is 20.9 Å². The molecule has 3 aromatic rings. The summed E-state index contributed by atoms with van der Waals surface area (Å²) in [7, 11) is 4.62. The highest BCUT2D eigenvalue weighted by Gasteiger charge is 2.31. The van der Waals surface area contributed by atoms with Gasteiger partial charge in [-0.25, -0.2) is 9.78 Å².